The zero-order valence-electron chi connectivity index (χ0n) is 16.7. The minimum Gasteiger partial charge on any atom is -0.497 e. The van der Waals surface area contributed by atoms with Crippen LogP contribution in [0.3, 0.4) is 0 Å². The van der Waals surface area contributed by atoms with E-state index in [-0.39, 0.29) is 23.8 Å². The Balaban J connectivity index is 1.66. The van der Waals surface area contributed by atoms with Crippen molar-refractivity contribution in [2.24, 2.45) is 0 Å². The monoisotopic (exact) mass is 392 g/mol. The van der Waals surface area contributed by atoms with Gasteiger partial charge in [0.1, 0.15) is 5.75 Å². The molecule has 2 heterocycles. The number of benzene rings is 2. The lowest BCUT2D eigenvalue weighted by molar-refractivity contribution is 0.0677. The van der Waals surface area contributed by atoms with Crippen LogP contribution < -0.4 is 4.74 Å². The Morgan fingerprint density at radius 1 is 0.966 bits per heavy atom. The summed E-state index contributed by atoms with van der Waals surface area (Å²) in [5.74, 6) is -0.00593. The Labute approximate surface area is 170 Å². The summed E-state index contributed by atoms with van der Waals surface area (Å²) in [5.41, 5.74) is 2.18. The lowest BCUT2D eigenvalue weighted by Gasteiger charge is -2.31. The summed E-state index contributed by atoms with van der Waals surface area (Å²) in [6, 6.07) is 12.6. The molecule has 0 spiro atoms. The highest BCUT2D eigenvalue weighted by Gasteiger charge is 2.34. The molecule has 3 amide bonds. The Hall–Kier alpha value is -3.15. The first-order chi connectivity index (χ1) is 14.0. The molecule has 2 aliphatic heterocycles. The fourth-order valence-corrected chi connectivity index (χ4v) is 4.18. The lowest BCUT2D eigenvalue weighted by atomic mass is 9.99. The maximum atomic E-state index is 13.4. The molecular formula is C23H24N2O4. The van der Waals surface area contributed by atoms with Gasteiger partial charge in [-0.05, 0) is 48.7 Å². The van der Waals surface area contributed by atoms with E-state index in [4.69, 9.17) is 4.74 Å². The van der Waals surface area contributed by atoms with Crippen molar-refractivity contribution >= 4 is 17.7 Å². The van der Waals surface area contributed by atoms with Gasteiger partial charge in [0, 0.05) is 19.2 Å². The van der Waals surface area contributed by atoms with Gasteiger partial charge in [0.2, 0.25) is 0 Å². The smallest absolute Gasteiger partial charge is 0.261 e. The number of imide groups is 1. The summed E-state index contributed by atoms with van der Waals surface area (Å²) in [5, 5.41) is 0. The van der Waals surface area contributed by atoms with E-state index in [1.165, 1.54) is 7.05 Å². The van der Waals surface area contributed by atoms with E-state index >= 15 is 0 Å². The molecule has 0 aliphatic carbocycles. The molecule has 6 nitrogen and oxygen atoms in total. The summed E-state index contributed by atoms with van der Waals surface area (Å²) in [6.45, 7) is 0.666. The van der Waals surface area contributed by atoms with E-state index in [0.29, 0.717) is 23.2 Å². The molecule has 1 atom stereocenters. The number of hydrogen-bond acceptors (Lipinski definition) is 4. The number of ether oxygens (including phenoxy) is 1. The fraction of sp³-hybridized carbons (Fsp3) is 0.348. The van der Waals surface area contributed by atoms with E-state index in [9.17, 15) is 14.4 Å². The van der Waals surface area contributed by atoms with Crippen molar-refractivity contribution in [2.75, 3.05) is 20.7 Å². The topological polar surface area (TPSA) is 66.9 Å². The van der Waals surface area contributed by atoms with E-state index in [2.05, 4.69) is 0 Å². The molecule has 1 saturated heterocycles. The normalized spacial score (nSPS) is 19.2. The maximum Gasteiger partial charge on any atom is 0.261 e. The first kappa shape index (κ1) is 19.2. The molecule has 0 bridgehead atoms. The van der Waals surface area contributed by atoms with Crippen molar-refractivity contribution in [1.29, 1.82) is 0 Å². The number of rotatable bonds is 3. The number of methoxy groups -OCH3 is 1. The maximum absolute atomic E-state index is 13.4. The second-order valence-electron chi connectivity index (χ2n) is 7.57. The molecule has 2 aromatic carbocycles. The van der Waals surface area contributed by atoms with Crippen molar-refractivity contribution in [3.63, 3.8) is 0 Å². The van der Waals surface area contributed by atoms with Crippen molar-refractivity contribution in [3.05, 3.63) is 64.7 Å². The predicted octanol–water partition coefficient (Wildman–Crippen LogP) is 3.68. The van der Waals surface area contributed by atoms with Crippen molar-refractivity contribution < 1.29 is 19.1 Å². The van der Waals surface area contributed by atoms with Crippen LogP contribution in [0.5, 0.6) is 5.75 Å². The molecule has 150 valence electrons. The molecule has 0 radical (unpaired) electrons. The zero-order chi connectivity index (χ0) is 20.5. The van der Waals surface area contributed by atoms with E-state index in [1.807, 2.05) is 29.2 Å². The quantitative estimate of drug-likeness (QED) is 0.748. The average molecular weight is 392 g/mol. The molecular weight excluding hydrogens is 368 g/mol. The van der Waals surface area contributed by atoms with E-state index in [1.54, 1.807) is 25.3 Å². The predicted molar refractivity (Wildman–Crippen MR) is 108 cm³/mol. The SMILES string of the molecule is COc1ccc([C@@H]2CCCCCN2C(=O)c2ccc3c(c2)C(=O)N(C)C3=O)cc1. The third-order valence-electron chi connectivity index (χ3n) is 5.85. The summed E-state index contributed by atoms with van der Waals surface area (Å²) in [6.07, 6.45) is 3.98. The van der Waals surface area contributed by atoms with Crippen LogP contribution in [0.15, 0.2) is 42.5 Å². The highest BCUT2D eigenvalue weighted by molar-refractivity contribution is 6.21. The molecule has 2 aromatic rings. The van der Waals surface area contributed by atoms with Crippen molar-refractivity contribution in [2.45, 2.75) is 31.7 Å². The molecule has 0 saturated carbocycles. The largest absolute Gasteiger partial charge is 0.497 e. The summed E-state index contributed by atoms with van der Waals surface area (Å²) in [4.78, 5) is 40.9. The second kappa shape index (κ2) is 7.70. The van der Waals surface area contributed by atoms with Gasteiger partial charge in [0.25, 0.3) is 17.7 Å². The molecule has 29 heavy (non-hydrogen) atoms. The molecule has 6 heteroatoms. The molecule has 0 unspecified atom stereocenters. The second-order valence-corrected chi connectivity index (χ2v) is 7.57. The number of fused-ring (bicyclic) bond motifs is 1. The average Bonchev–Trinajstić information content (AvgIpc) is 2.93. The van der Waals surface area contributed by atoms with Crippen molar-refractivity contribution in [3.8, 4) is 5.75 Å². The minimum atomic E-state index is -0.359. The minimum absolute atomic E-state index is 0.0239. The number of nitrogens with zero attached hydrogens (tertiary/aromatic N) is 2. The van der Waals surface area contributed by atoms with Gasteiger partial charge in [-0.15, -0.1) is 0 Å². The van der Waals surface area contributed by atoms with Gasteiger partial charge in [0.15, 0.2) is 0 Å². The number of carbonyl (C=O) groups is 3. The van der Waals surface area contributed by atoms with Crippen LogP contribution in [0.2, 0.25) is 0 Å². The van der Waals surface area contributed by atoms with Gasteiger partial charge in [-0.1, -0.05) is 25.0 Å². The van der Waals surface area contributed by atoms with Gasteiger partial charge in [-0.2, -0.15) is 0 Å². The lowest BCUT2D eigenvalue weighted by Crippen LogP contribution is -2.35. The molecule has 4 rings (SSSR count). The number of hydrogen-bond donors (Lipinski definition) is 0. The molecule has 0 aromatic heterocycles. The Kier molecular flexibility index (Phi) is 5.09. The third-order valence-corrected chi connectivity index (χ3v) is 5.85. The highest BCUT2D eigenvalue weighted by Crippen LogP contribution is 2.33. The Morgan fingerprint density at radius 2 is 1.69 bits per heavy atom. The summed E-state index contributed by atoms with van der Waals surface area (Å²) >= 11 is 0. The van der Waals surface area contributed by atoms with Gasteiger partial charge >= 0.3 is 0 Å². The van der Waals surface area contributed by atoms with Gasteiger partial charge in [0.05, 0.1) is 24.3 Å². The van der Waals surface area contributed by atoms with E-state index < -0.39 is 0 Å². The van der Waals surface area contributed by atoms with Crippen molar-refractivity contribution in [1.82, 2.24) is 9.80 Å². The number of carbonyl (C=O) groups excluding carboxylic acids is 3. The van der Waals surface area contributed by atoms with Crippen LogP contribution in [0.25, 0.3) is 0 Å². The van der Waals surface area contributed by atoms with Gasteiger partial charge < -0.3 is 9.64 Å². The van der Waals surface area contributed by atoms with Gasteiger partial charge in [-0.3, -0.25) is 19.3 Å². The molecule has 1 fully saturated rings. The Morgan fingerprint density at radius 3 is 2.41 bits per heavy atom. The van der Waals surface area contributed by atoms with Crippen LogP contribution in [0, 0.1) is 0 Å². The zero-order valence-corrected chi connectivity index (χ0v) is 16.7. The molecule has 2 aliphatic rings. The van der Waals surface area contributed by atoms with Crippen LogP contribution in [0.1, 0.15) is 68.4 Å². The highest BCUT2D eigenvalue weighted by atomic mass is 16.5. The van der Waals surface area contributed by atoms with Crippen LogP contribution in [-0.2, 0) is 0 Å². The number of likely N-dealkylation sites (tertiary alicyclic amines) is 1. The standard InChI is InChI=1S/C23H24N2O4/c1-24-22(27)18-12-9-16(14-19(18)23(24)28)21(26)25-13-5-3-4-6-20(25)15-7-10-17(29-2)11-8-15/h7-12,14,20H,3-6,13H2,1-2H3/t20-/m0/s1. The first-order valence-corrected chi connectivity index (χ1v) is 9.92. The number of amides is 3. The summed E-state index contributed by atoms with van der Waals surface area (Å²) in [7, 11) is 3.09. The summed E-state index contributed by atoms with van der Waals surface area (Å²) < 4.78 is 5.25. The molecule has 0 N–H and O–H groups in total. The van der Waals surface area contributed by atoms with Crippen LogP contribution in [0.4, 0.5) is 0 Å². The third kappa shape index (κ3) is 3.39. The first-order valence-electron chi connectivity index (χ1n) is 9.92. The van der Waals surface area contributed by atoms with Crippen LogP contribution >= 0.6 is 0 Å². The van der Waals surface area contributed by atoms with Crippen LogP contribution in [-0.4, -0.2) is 48.2 Å². The van der Waals surface area contributed by atoms with E-state index in [0.717, 1.165) is 41.9 Å². The Bertz CT molecular complexity index is 967. The van der Waals surface area contributed by atoms with Gasteiger partial charge in [-0.25, -0.2) is 0 Å². The fourth-order valence-electron chi connectivity index (χ4n) is 4.18.